The first kappa shape index (κ1) is 10.1. The molecule has 1 aromatic carbocycles. The zero-order valence-corrected chi connectivity index (χ0v) is 7.88. The highest BCUT2D eigenvalue weighted by Gasteiger charge is 2.14. The topological polar surface area (TPSA) is 95.2 Å². The van der Waals surface area contributed by atoms with E-state index >= 15 is 0 Å². The normalized spacial score (nSPS) is 10.3. The molecule has 16 heavy (non-hydrogen) atoms. The predicted molar refractivity (Wildman–Crippen MR) is 53.0 cm³/mol. The average molecular weight is 223 g/mol. The first-order valence-corrected chi connectivity index (χ1v) is 4.24. The van der Waals surface area contributed by atoms with Gasteiger partial charge in [0, 0.05) is 17.7 Å². The molecule has 0 amide bonds. The van der Waals surface area contributed by atoms with Gasteiger partial charge in [-0.3, -0.25) is 10.1 Å². The maximum absolute atomic E-state index is 13.5. The van der Waals surface area contributed by atoms with Crippen LogP contribution in [0.5, 0.6) is 0 Å². The van der Waals surface area contributed by atoms with Gasteiger partial charge in [0.25, 0.3) is 5.69 Å². The molecule has 0 aliphatic carbocycles. The monoisotopic (exact) mass is 223 g/mol. The van der Waals surface area contributed by atoms with Crippen LogP contribution in [0.1, 0.15) is 0 Å². The zero-order chi connectivity index (χ0) is 11.7. The van der Waals surface area contributed by atoms with Crippen LogP contribution in [-0.4, -0.2) is 10.1 Å². The Labute approximate surface area is 88.6 Å². The zero-order valence-electron chi connectivity index (χ0n) is 7.88. The van der Waals surface area contributed by atoms with Gasteiger partial charge in [-0.25, -0.2) is 4.39 Å². The number of benzene rings is 1. The van der Waals surface area contributed by atoms with Gasteiger partial charge < -0.3 is 10.3 Å². The Balaban J connectivity index is 2.47. The Bertz CT molecular complexity index is 553. The van der Waals surface area contributed by atoms with Crippen molar-refractivity contribution in [3.8, 4) is 11.3 Å². The molecular formula is C9H6FN3O3. The lowest BCUT2D eigenvalue weighted by molar-refractivity contribution is -0.385. The molecule has 7 heteroatoms. The van der Waals surface area contributed by atoms with Crippen molar-refractivity contribution in [3.05, 3.63) is 40.2 Å². The first-order valence-electron chi connectivity index (χ1n) is 4.24. The van der Waals surface area contributed by atoms with Crippen LogP contribution in [0.2, 0.25) is 0 Å². The molecule has 0 fully saturated rings. The fourth-order valence-electron chi connectivity index (χ4n) is 1.24. The van der Waals surface area contributed by atoms with Gasteiger partial charge >= 0.3 is 0 Å². The highest BCUT2D eigenvalue weighted by atomic mass is 19.1. The van der Waals surface area contributed by atoms with Crippen LogP contribution in [0.4, 0.5) is 16.0 Å². The quantitative estimate of drug-likeness (QED) is 0.620. The van der Waals surface area contributed by atoms with Crippen molar-refractivity contribution in [2.75, 3.05) is 5.73 Å². The van der Waals surface area contributed by atoms with Crippen molar-refractivity contribution in [2.45, 2.75) is 0 Å². The lowest BCUT2D eigenvalue weighted by Crippen LogP contribution is -1.91. The number of halogens is 1. The molecule has 2 aromatic rings. The maximum atomic E-state index is 13.5. The van der Waals surface area contributed by atoms with E-state index in [0.29, 0.717) is 0 Å². The molecule has 0 atom stereocenters. The van der Waals surface area contributed by atoms with Crippen LogP contribution in [-0.2, 0) is 0 Å². The van der Waals surface area contributed by atoms with E-state index < -0.39 is 10.7 Å². The third kappa shape index (κ3) is 1.70. The van der Waals surface area contributed by atoms with E-state index in [0.717, 1.165) is 6.07 Å². The molecule has 2 N–H and O–H groups in total. The number of aromatic nitrogens is 1. The van der Waals surface area contributed by atoms with E-state index in [1.54, 1.807) is 0 Å². The SMILES string of the molecule is Nc1cc(-c2ccc([N+](=O)[O-])cc2F)no1. The molecule has 0 aliphatic rings. The molecule has 0 unspecified atom stereocenters. The Morgan fingerprint density at radius 3 is 2.69 bits per heavy atom. The van der Waals surface area contributed by atoms with Gasteiger partial charge in [0.15, 0.2) is 0 Å². The summed E-state index contributed by atoms with van der Waals surface area (Å²) in [6.45, 7) is 0. The minimum absolute atomic E-state index is 0.0488. The van der Waals surface area contributed by atoms with E-state index in [1.165, 1.54) is 18.2 Å². The van der Waals surface area contributed by atoms with Crippen LogP contribution in [0, 0.1) is 15.9 Å². The van der Waals surface area contributed by atoms with E-state index in [1.807, 2.05) is 0 Å². The summed E-state index contributed by atoms with van der Waals surface area (Å²) in [5, 5.41) is 13.9. The highest BCUT2D eigenvalue weighted by Crippen LogP contribution is 2.26. The number of nitro groups is 1. The first-order chi connectivity index (χ1) is 7.58. The predicted octanol–water partition coefficient (Wildman–Crippen LogP) is 1.97. The van der Waals surface area contributed by atoms with Crippen molar-refractivity contribution in [1.82, 2.24) is 5.16 Å². The van der Waals surface area contributed by atoms with Crippen molar-refractivity contribution in [1.29, 1.82) is 0 Å². The molecule has 82 valence electrons. The fourth-order valence-corrected chi connectivity index (χ4v) is 1.24. The molecule has 0 bridgehead atoms. The van der Waals surface area contributed by atoms with Gasteiger partial charge in [-0.1, -0.05) is 5.16 Å². The minimum Gasteiger partial charge on any atom is -0.368 e. The van der Waals surface area contributed by atoms with E-state index in [9.17, 15) is 14.5 Å². The number of nitrogens with two attached hydrogens (primary N) is 1. The molecule has 0 saturated heterocycles. The summed E-state index contributed by atoms with van der Waals surface area (Å²) in [4.78, 5) is 9.71. The number of rotatable bonds is 2. The van der Waals surface area contributed by atoms with Gasteiger partial charge in [0.2, 0.25) is 5.88 Å². The Morgan fingerprint density at radius 1 is 1.44 bits per heavy atom. The minimum atomic E-state index is -0.748. The number of nitrogens with zero attached hydrogens (tertiary/aromatic N) is 2. The summed E-state index contributed by atoms with van der Waals surface area (Å²) in [6, 6.07) is 4.60. The average Bonchev–Trinajstić information content (AvgIpc) is 2.64. The summed E-state index contributed by atoms with van der Waals surface area (Å²) >= 11 is 0. The van der Waals surface area contributed by atoms with E-state index in [4.69, 9.17) is 5.73 Å². The van der Waals surface area contributed by atoms with Crippen LogP contribution < -0.4 is 5.73 Å². The largest absolute Gasteiger partial charge is 0.368 e. The Hall–Kier alpha value is -2.44. The van der Waals surface area contributed by atoms with Gasteiger partial charge in [-0.15, -0.1) is 0 Å². The summed E-state index contributed by atoms with van der Waals surface area (Å²) in [5.41, 5.74) is 5.26. The van der Waals surface area contributed by atoms with Gasteiger partial charge in [-0.2, -0.15) is 0 Å². The van der Waals surface area contributed by atoms with Gasteiger partial charge in [0.1, 0.15) is 11.5 Å². The van der Waals surface area contributed by atoms with Crippen molar-refractivity contribution in [2.24, 2.45) is 0 Å². The highest BCUT2D eigenvalue weighted by molar-refractivity contribution is 5.63. The Morgan fingerprint density at radius 2 is 2.19 bits per heavy atom. The van der Waals surface area contributed by atoms with Crippen LogP contribution in [0.25, 0.3) is 11.3 Å². The standard InChI is InChI=1S/C9H6FN3O3/c10-7-3-5(13(14)15)1-2-6(7)8-4-9(11)16-12-8/h1-4H,11H2. The smallest absolute Gasteiger partial charge is 0.272 e. The Kier molecular flexibility index (Phi) is 2.28. The molecular weight excluding hydrogens is 217 g/mol. The van der Waals surface area contributed by atoms with Crippen LogP contribution in [0.3, 0.4) is 0 Å². The van der Waals surface area contributed by atoms with Crippen LogP contribution >= 0.6 is 0 Å². The van der Waals surface area contributed by atoms with E-state index in [-0.39, 0.29) is 22.8 Å². The number of nitro benzene ring substituents is 1. The number of nitrogen functional groups attached to an aromatic ring is 1. The van der Waals surface area contributed by atoms with Crippen molar-refractivity contribution >= 4 is 11.6 Å². The number of anilines is 1. The molecule has 0 saturated carbocycles. The lowest BCUT2D eigenvalue weighted by atomic mass is 10.1. The molecule has 0 spiro atoms. The van der Waals surface area contributed by atoms with Crippen molar-refractivity contribution in [3.63, 3.8) is 0 Å². The molecule has 1 aromatic heterocycles. The number of hydrogen-bond donors (Lipinski definition) is 1. The molecule has 0 radical (unpaired) electrons. The second-order valence-electron chi connectivity index (χ2n) is 3.04. The van der Waals surface area contributed by atoms with Crippen molar-refractivity contribution < 1.29 is 13.8 Å². The number of non-ortho nitro benzene ring substituents is 1. The maximum Gasteiger partial charge on any atom is 0.272 e. The molecule has 6 nitrogen and oxygen atoms in total. The number of hydrogen-bond acceptors (Lipinski definition) is 5. The summed E-state index contributed by atoms with van der Waals surface area (Å²) in [6.07, 6.45) is 0. The van der Waals surface area contributed by atoms with E-state index in [2.05, 4.69) is 9.68 Å². The van der Waals surface area contributed by atoms with Gasteiger partial charge in [0.05, 0.1) is 11.0 Å². The van der Waals surface area contributed by atoms with Gasteiger partial charge in [-0.05, 0) is 6.07 Å². The molecule has 0 aliphatic heterocycles. The fraction of sp³-hybridized carbons (Fsp3) is 0. The second kappa shape index (κ2) is 3.61. The van der Waals surface area contributed by atoms with Crippen LogP contribution in [0.15, 0.2) is 28.8 Å². The third-order valence-electron chi connectivity index (χ3n) is 1.97. The summed E-state index contributed by atoms with van der Waals surface area (Å²) in [7, 11) is 0. The summed E-state index contributed by atoms with van der Waals surface area (Å²) in [5.74, 6) is -0.699. The lowest BCUT2D eigenvalue weighted by Gasteiger charge is -1.97. The molecule has 1 heterocycles. The molecule has 2 rings (SSSR count). The third-order valence-corrected chi connectivity index (χ3v) is 1.97. The summed E-state index contributed by atoms with van der Waals surface area (Å²) < 4.78 is 18.1. The second-order valence-corrected chi connectivity index (χ2v) is 3.04.